The molecule has 0 saturated carbocycles. The van der Waals surface area contributed by atoms with Crippen LogP contribution in [0, 0.1) is 0 Å². The van der Waals surface area contributed by atoms with E-state index in [9.17, 15) is 4.79 Å². The first-order valence-corrected chi connectivity index (χ1v) is 9.97. The van der Waals surface area contributed by atoms with Gasteiger partial charge in [0.1, 0.15) is 0 Å². The van der Waals surface area contributed by atoms with Gasteiger partial charge in [-0.05, 0) is 36.4 Å². The second-order valence-corrected chi connectivity index (χ2v) is 7.81. The average Bonchev–Trinajstić information content (AvgIpc) is 3.11. The summed E-state index contributed by atoms with van der Waals surface area (Å²) in [5.74, 6) is 1.47. The first-order chi connectivity index (χ1) is 13.0. The van der Waals surface area contributed by atoms with Gasteiger partial charge in [-0.1, -0.05) is 40.5 Å². The third kappa shape index (κ3) is 5.48. The minimum absolute atomic E-state index is 0.00829. The van der Waals surface area contributed by atoms with Gasteiger partial charge in [0.25, 0.3) is 0 Å². The summed E-state index contributed by atoms with van der Waals surface area (Å²) in [6.07, 6.45) is 0.412. The van der Waals surface area contributed by atoms with Gasteiger partial charge in [0.2, 0.25) is 17.6 Å². The van der Waals surface area contributed by atoms with Crippen molar-refractivity contribution >= 4 is 40.9 Å². The van der Waals surface area contributed by atoms with Crippen molar-refractivity contribution in [3.05, 3.63) is 64.5 Å². The van der Waals surface area contributed by atoms with Gasteiger partial charge in [0.05, 0.1) is 11.6 Å². The lowest BCUT2D eigenvalue weighted by atomic mass is 10.2. The van der Waals surface area contributed by atoms with Crippen LogP contribution in [0.5, 0.6) is 0 Å². The van der Waals surface area contributed by atoms with E-state index < -0.39 is 0 Å². The molecule has 0 aliphatic carbocycles. The Bertz CT molecular complexity index is 915. The molecule has 3 aromatic rings. The predicted octanol–water partition coefficient (Wildman–Crippen LogP) is 5.18. The molecular weight excluding hydrogens is 405 g/mol. The number of amides is 1. The quantitative estimate of drug-likeness (QED) is 0.491. The van der Waals surface area contributed by atoms with E-state index in [1.165, 1.54) is 0 Å². The molecule has 1 heterocycles. The molecule has 0 aliphatic rings. The predicted molar refractivity (Wildman–Crippen MR) is 108 cm³/mol. The molecule has 0 fully saturated rings. The van der Waals surface area contributed by atoms with Crippen molar-refractivity contribution in [2.75, 3.05) is 12.8 Å². The summed E-state index contributed by atoms with van der Waals surface area (Å²) in [6, 6.07) is 14.8. The van der Waals surface area contributed by atoms with E-state index in [1.54, 1.807) is 29.8 Å². The van der Waals surface area contributed by atoms with Gasteiger partial charge in [-0.3, -0.25) is 4.79 Å². The number of thioether (sulfide) groups is 1. The monoisotopic (exact) mass is 421 g/mol. The normalized spacial score (nSPS) is 10.8. The van der Waals surface area contributed by atoms with Crippen molar-refractivity contribution in [3.63, 3.8) is 0 Å². The zero-order chi connectivity index (χ0) is 19.2. The Kier molecular flexibility index (Phi) is 6.77. The number of hydrogen-bond donors (Lipinski definition) is 0. The van der Waals surface area contributed by atoms with Gasteiger partial charge in [0.15, 0.2) is 0 Å². The maximum absolute atomic E-state index is 12.3. The number of nitrogens with zero attached hydrogens (tertiary/aromatic N) is 3. The number of benzene rings is 2. The van der Waals surface area contributed by atoms with Crippen LogP contribution in [0.15, 0.2) is 57.9 Å². The van der Waals surface area contributed by atoms with Crippen LogP contribution in [0.25, 0.3) is 11.4 Å². The minimum Gasteiger partial charge on any atom is -0.337 e. The number of hydrogen-bond acceptors (Lipinski definition) is 5. The van der Waals surface area contributed by atoms with Gasteiger partial charge in [-0.2, -0.15) is 4.98 Å². The number of carbonyl (C=O) groups excluding carboxylic acids is 1. The molecule has 5 nitrogen and oxygen atoms in total. The number of carbonyl (C=O) groups is 1. The molecule has 0 aliphatic heterocycles. The molecule has 1 amide bonds. The molecule has 0 atom stereocenters. The first-order valence-electron chi connectivity index (χ1n) is 8.23. The number of halogens is 2. The molecule has 8 heteroatoms. The SMILES string of the molecule is CN(Cc1nc(-c2ccccc2Cl)no1)C(=O)CCSc1ccc(Cl)cc1. The fourth-order valence-corrected chi connectivity index (χ4v) is 3.53. The molecule has 1 aromatic heterocycles. The highest BCUT2D eigenvalue weighted by Crippen LogP contribution is 2.25. The summed E-state index contributed by atoms with van der Waals surface area (Å²) >= 11 is 13.6. The lowest BCUT2D eigenvalue weighted by Crippen LogP contribution is -2.26. The van der Waals surface area contributed by atoms with Crippen LogP contribution in [0.1, 0.15) is 12.3 Å². The van der Waals surface area contributed by atoms with E-state index in [2.05, 4.69) is 10.1 Å². The van der Waals surface area contributed by atoms with E-state index >= 15 is 0 Å². The molecule has 0 bridgehead atoms. The van der Waals surface area contributed by atoms with Crippen molar-refractivity contribution in [2.24, 2.45) is 0 Å². The lowest BCUT2D eigenvalue weighted by Gasteiger charge is -2.14. The van der Waals surface area contributed by atoms with Gasteiger partial charge >= 0.3 is 0 Å². The molecule has 0 spiro atoms. The molecule has 0 N–H and O–H groups in total. The highest BCUT2D eigenvalue weighted by molar-refractivity contribution is 7.99. The Balaban J connectivity index is 1.51. The van der Waals surface area contributed by atoms with E-state index in [0.29, 0.717) is 39.5 Å². The van der Waals surface area contributed by atoms with Crippen LogP contribution < -0.4 is 0 Å². The van der Waals surface area contributed by atoms with Crippen molar-refractivity contribution in [1.82, 2.24) is 15.0 Å². The zero-order valence-corrected chi connectivity index (χ0v) is 16.9. The molecule has 0 unspecified atom stereocenters. The summed E-state index contributed by atoms with van der Waals surface area (Å²) in [6.45, 7) is 0.252. The lowest BCUT2D eigenvalue weighted by molar-refractivity contribution is -0.130. The second-order valence-electron chi connectivity index (χ2n) is 5.79. The van der Waals surface area contributed by atoms with Crippen LogP contribution in [-0.2, 0) is 11.3 Å². The van der Waals surface area contributed by atoms with Crippen LogP contribution in [0.3, 0.4) is 0 Å². The van der Waals surface area contributed by atoms with Crippen LogP contribution in [0.4, 0.5) is 0 Å². The Morgan fingerprint density at radius 3 is 2.63 bits per heavy atom. The first kappa shape index (κ1) is 19.7. The van der Waals surface area contributed by atoms with Gasteiger partial charge in [-0.25, -0.2) is 0 Å². The Hall–Kier alpha value is -2.02. The van der Waals surface area contributed by atoms with Crippen LogP contribution in [-0.4, -0.2) is 33.7 Å². The van der Waals surface area contributed by atoms with Gasteiger partial charge in [0, 0.05) is 34.7 Å². The van der Waals surface area contributed by atoms with Crippen LogP contribution >= 0.6 is 35.0 Å². The van der Waals surface area contributed by atoms with E-state index in [4.69, 9.17) is 27.7 Å². The molecular formula is C19H17Cl2N3O2S. The number of rotatable bonds is 7. The topological polar surface area (TPSA) is 59.2 Å². The third-order valence-electron chi connectivity index (χ3n) is 3.78. The standard InChI is InChI=1S/C19H17Cl2N3O2S/c1-24(18(25)10-11-27-14-8-6-13(20)7-9-14)12-17-22-19(23-26-17)15-4-2-3-5-16(15)21/h2-9H,10-12H2,1H3. The number of aromatic nitrogens is 2. The molecule has 27 heavy (non-hydrogen) atoms. The molecule has 140 valence electrons. The third-order valence-corrected chi connectivity index (χ3v) is 5.37. The Labute approximate surface area is 171 Å². The smallest absolute Gasteiger partial charge is 0.246 e. The summed E-state index contributed by atoms with van der Waals surface area (Å²) < 4.78 is 5.25. The fraction of sp³-hybridized carbons (Fsp3) is 0.211. The second kappa shape index (κ2) is 9.26. The zero-order valence-electron chi connectivity index (χ0n) is 14.6. The summed E-state index contributed by atoms with van der Waals surface area (Å²) in [5.41, 5.74) is 0.697. The highest BCUT2D eigenvalue weighted by Gasteiger charge is 2.15. The fourth-order valence-electron chi connectivity index (χ4n) is 2.34. The Morgan fingerprint density at radius 2 is 1.89 bits per heavy atom. The molecule has 2 aromatic carbocycles. The van der Waals surface area contributed by atoms with Crippen molar-refractivity contribution in [1.29, 1.82) is 0 Å². The van der Waals surface area contributed by atoms with Crippen LogP contribution in [0.2, 0.25) is 10.0 Å². The Morgan fingerprint density at radius 1 is 1.15 bits per heavy atom. The van der Waals surface area contributed by atoms with E-state index in [1.807, 2.05) is 42.5 Å². The molecule has 0 radical (unpaired) electrons. The summed E-state index contributed by atoms with van der Waals surface area (Å²) in [5, 5.41) is 5.19. The van der Waals surface area contributed by atoms with Crippen molar-refractivity contribution in [2.45, 2.75) is 17.9 Å². The molecule has 0 saturated heterocycles. The van der Waals surface area contributed by atoms with E-state index in [-0.39, 0.29) is 12.5 Å². The largest absolute Gasteiger partial charge is 0.337 e. The van der Waals surface area contributed by atoms with E-state index in [0.717, 1.165) is 4.90 Å². The average molecular weight is 422 g/mol. The van der Waals surface area contributed by atoms with Crippen molar-refractivity contribution in [3.8, 4) is 11.4 Å². The van der Waals surface area contributed by atoms with Gasteiger partial charge in [-0.15, -0.1) is 11.8 Å². The minimum atomic E-state index is 0.00829. The summed E-state index contributed by atoms with van der Waals surface area (Å²) in [4.78, 5) is 19.3. The molecule has 3 rings (SSSR count). The summed E-state index contributed by atoms with van der Waals surface area (Å²) in [7, 11) is 1.72. The van der Waals surface area contributed by atoms with Crippen molar-refractivity contribution < 1.29 is 9.32 Å². The maximum Gasteiger partial charge on any atom is 0.246 e. The highest BCUT2D eigenvalue weighted by atomic mass is 35.5. The maximum atomic E-state index is 12.3. The van der Waals surface area contributed by atoms with Gasteiger partial charge < -0.3 is 9.42 Å².